The molecule has 1 aromatic rings. The molecule has 0 bridgehead atoms. The predicted molar refractivity (Wildman–Crippen MR) is 74.1 cm³/mol. The van der Waals surface area contributed by atoms with Gasteiger partial charge in [0.2, 0.25) is 0 Å². The number of phenolic OH excluding ortho intramolecular Hbond substituents is 1. The molecule has 1 aromatic carbocycles. The van der Waals surface area contributed by atoms with Gasteiger partial charge in [0.1, 0.15) is 11.4 Å². The number of hydrogen-bond donors (Lipinski definition) is 3. The number of carbonyl (C=O) groups is 1. The zero-order valence-electron chi connectivity index (χ0n) is 11.6. The lowest BCUT2D eigenvalue weighted by Gasteiger charge is -2.21. The quantitative estimate of drug-likeness (QED) is 0.777. The fourth-order valence-corrected chi connectivity index (χ4v) is 1.60. The second-order valence-electron chi connectivity index (χ2n) is 5.41. The van der Waals surface area contributed by atoms with E-state index >= 15 is 0 Å². The van der Waals surface area contributed by atoms with Crippen molar-refractivity contribution in [1.29, 1.82) is 0 Å². The number of carbonyl (C=O) groups excluding carboxylic acids is 1. The molecule has 1 atom stereocenters. The van der Waals surface area contributed by atoms with Gasteiger partial charge in [-0.15, -0.1) is 0 Å². The van der Waals surface area contributed by atoms with Gasteiger partial charge in [0, 0.05) is 19.0 Å². The van der Waals surface area contributed by atoms with Gasteiger partial charge >= 0.3 is 6.09 Å². The minimum atomic E-state index is -0.513. The van der Waals surface area contributed by atoms with E-state index in [4.69, 9.17) is 10.5 Å². The molecule has 0 saturated carbocycles. The maximum absolute atomic E-state index is 11.6. The van der Waals surface area contributed by atoms with Crippen molar-refractivity contribution in [2.24, 2.45) is 5.73 Å². The fourth-order valence-electron chi connectivity index (χ4n) is 1.60. The summed E-state index contributed by atoms with van der Waals surface area (Å²) >= 11 is 0. The van der Waals surface area contributed by atoms with Gasteiger partial charge in [0.25, 0.3) is 0 Å². The zero-order valence-corrected chi connectivity index (χ0v) is 11.6. The van der Waals surface area contributed by atoms with Gasteiger partial charge in [-0.25, -0.2) is 4.79 Å². The van der Waals surface area contributed by atoms with Gasteiger partial charge in [-0.3, -0.25) is 0 Å². The molecule has 0 aliphatic heterocycles. The molecule has 0 aliphatic rings. The van der Waals surface area contributed by atoms with Gasteiger partial charge in [-0.05, 0) is 38.5 Å². The summed E-state index contributed by atoms with van der Waals surface area (Å²) in [6, 6.07) is 6.80. The summed E-state index contributed by atoms with van der Waals surface area (Å²) in [6.07, 6.45) is -0.454. The summed E-state index contributed by atoms with van der Waals surface area (Å²) in [4.78, 5) is 11.6. The summed E-state index contributed by atoms with van der Waals surface area (Å²) in [5.74, 6) is 0.202. The third kappa shape index (κ3) is 5.61. The van der Waals surface area contributed by atoms with Crippen LogP contribution in [0.5, 0.6) is 5.75 Å². The number of alkyl carbamates (subject to hydrolysis) is 1. The lowest BCUT2D eigenvalue weighted by atomic mass is 9.99. The van der Waals surface area contributed by atoms with E-state index in [1.54, 1.807) is 24.3 Å². The van der Waals surface area contributed by atoms with E-state index in [0.717, 1.165) is 5.56 Å². The second kappa shape index (κ2) is 6.43. The summed E-state index contributed by atoms with van der Waals surface area (Å²) in [6.45, 7) is 6.24. The molecule has 0 spiro atoms. The van der Waals surface area contributed by atoms with E-state index in [-0.39, 0.29) is 11.7 Å². The topological polar surface area (TPSA) is 84.6 Å². The number of nitrogens with two attached hydrogens (primary N) is 1. The van der Waals surface area contributed by atoms with Crippen LogP contribution < -0.4 is 11.1 Å². The van der Waals surface area contributed by atoms with Crippen molar-refractivity contribution in [3.8, 4) is 5.75 Å². The molecule has 5 heteroatoms. The lowest BCUT2D eigenvalue weighted by Crippen LogP contribution is -2.36. The number of ether oxygens (including phenoxy) is 1. The molecule has 4 N–H and O–H groups in total. The highest BCUT2D eigenvalue weighted by atomic mass is 16.6. The highest BCUT2D eigenvalue weighted by Crippen LogP contribution is 2.17. The number of amides is 1. The molecule has 0 heterocycles. The smallest absolute Gasteiger partial charge is 0.407 e. The third-order valence-corrected chi connectivity index (χ3v) is 2.54. The van der Waals surface area contributed by atoms with Crippen molar-refractivity contribution >= 4 is 6.09 Å². The number of hydrogen-bond acceptors (Lipinski definition) is 4. The Morgan fingerprint density at radius 1 is 1.37 bits per heavy atom. The Kier molecular flexibility index (Phi) is 5.18. The molecular formula is C14H22N2O3. The van der Waals surface area contributed by atoms with Crippen LogP contribution in [0.3, 0.4) is 0 Å². The number of rotatable bonds is 4. The molecule has 0 aromatic heterocycles. The Morgan fingerprint density at radius 2 is 1.95 bits per heavy atom. The molecule has 1 amide bonds. The first-order valence-electron chi connectivity index (χ1n) is 6.27. The van der Waals surface area contributed by atoms with E-state index < -0.39 is 11.7 Å². The molecule has 1 unspecified atom stereocenters. The van der Waals surface area contributed by atoms with Crippen LogP contribution in [0.25, 0.3) is 0 Å². The highest BCUT2D eigenvalue weighted by Gasteiger charge is 2.17. The van der Waals surface area contributed by atoms with Gasteiger partial charge in [0.05, 0.1) is 0 Å². The van der Waals surface area contributed by atoms with E-state index in [1.165, 1.54) is 0 Å². The van der Waals surface area contributed by atoms with Crippen LogP contribution >= 0.6 is 0 Å². The van der Waals surface area contributed by atoms with Crippen LogP contribution in [-0.4, -0.2) is 29.9 Å². The van der Waals surface area contributed by atoms with Crippen LogP contribution in [0.15, 0.2) is 24.3 Å². The monoisotopic (exact) mass is 266 g/mol. The van der Waals surface area contributed by atoms with Crippen molar-refractivity contribution in [1.82, 2.24) is 5.32 Å². The average molecular weight is 266 g/mol. The molecule has 5 nitrogen and oxygen atoms in total. The van der Waals surface area contributed by atoms with Crippen molar-refractivity contribution in [2.75, 3.05) is 13.1 Å². The average Bonchev–Trinajstić information content (AvgIpc) is 2.29. The number of benzene rings is 1. The fraction of sp³-hybridized carbons (Fsp3) is 0.500. The maximum atomic E-state index is 11.6. The van der Waals surface area contributed by atoms with E-state index in [9.17, 15) is 9.90 Å². The molecule has 0 radical (unpaired) electrons. The molecule has 1 rings (SSSR count). The Hall–Kier alpha value is -1.75. The number of nitrogens with one attached hydrogen (secondary N) is 1. The number of phenols is 1. The van der Waals surface area contributed by atoms with Crippen LogP contribution in [0, 0.1) is 0 Å². The van der Waals surface area contributed by atoms with Gasteiger partial charge in [-0.2, -0.15) is 0 Å². The minimum absolute atomic E-state index is 0.00637. The Labute approximate surface area is 113 Å². The van der Waals surface area contributed by atoms with Crippen molar-refractivity contribution in [3.63, 3.8) is 0 Å². The Bertz CT molecular complexity index is 410. The van der Waals surface area contributed by atoms with Gasteiger partial charge in [0.15, 0.2) is 0 Å². The first-order chi connectivity index (χ1) is 8.81. The first-order valence-corrected chi connectivity index (χ1v) is 6.27. The first kappa shape index (κ1) is 15.3. The molecular weight excluding hydrogens is 244 g/mol. The molecule has 0 fully saturated rings. The molecule has 0 aliphatic carbocycles. The minimum Gasteiger partial charge on any atom is -0.508 e. The van der Waals surface area contributed by atoms with Crippen LogP contribution in [-0.2, 0) is 4.74 Å². The molecule has 106 valence electrons. The Balaban J connectivity index is 2.54. The molecule has 19 heavy (non-hydrogen) atoms. The van der Waals surface area contributed by atoms with Crippen molar-refractivity contribution < 1.29 is 14.6 Å². The standard InChI is InChI=1S/C14H22N2O3/c1-14(2,3)19-13(18)16-9-11(8-15)10-4-6-12(17)7-5-10/h4-7,11,17H,8-9,15H2,1-3H3,(H,16,18). The lowest BCUT2D eigenvalue weighted by molar-refractivity contribution is 0.0525. The van der Waals surface area contributed by atoms with E-state index in [0.29, 0.717) is 13.1 Å². The van der Waals surface area contributed by atoms with Gasteiger partial charge in [-0.1, -0.05) is 12.1 Å². The summed E-state index contributed by atoms with van der Waals surface area (Å²) < 4.78 is 5.16. The normalized spacial score (nSPS) is 12.8. The summed E-state index contributed by atoms with van der Waals surface area (Å²) in [7, 11) is 0. The van der Waals surface area contributed by atoms with Gasteiger partial charge < -0.3 is 20.9 Å². The van der Waals surface area contributed by atoms with Crippen LogP contribution in [0.2, 0.25) is 0 Å². The van der Waals surface area contributed by atoms with Crippen molar-refractivity contribution in [3.05, 3.63) is 29.8 Å². The predicted octanol–water partition coefficient (Wildman–Crippen LogP) is 1.96. The SMILES string of the molecule is CC(C)(C)OC(=O)NCC(CN)c1ccc(O)cc1. The molecule has 0 saturated heterocycles. The Morgan fingerprint density at radius 3 is 2.42 bits per heavy atom. The summed E-state index contributed by atoms with van der Waals surface area (Å²) in [5.41, 5.74) is 6.16. The summed E-state index contributed by atoms with van der Waals surface area (Å²) in [5, 5.41) is 11.9. The zero-order chi connectivity index (χ0) is 14.5. The van der Waals surface area contributed by atoms with Crippen molar-refractivity contribution in [2.45, 2.75) is 32.3 Å². The maximum Gasteiger partial charge on any atom is 0.407 e. The van der Waals surface area contributed by atoms with Crippen LogP contribution in [0.4, 0.5) is 4.79 Å². The van der Waals surface area contributed by atoms with E-state index in [2.05, 4.69) is 5.32 Å². The largest absolute Gasteiger partial charge is 0.508 e. The highest BCUT2D eigenvalue weighted by molar-refractivity contribution is 5.67. The number of aromatic hydroxyl groups is 1. The van der Waals surface area contributed by atoms with E-state index in [1.807, 2.05) is 20.8 Å². The second-order valence-corrected chi connectivity index (χ2v) is 5.41. The van der Waals surface area contributed by atoms with Crippen LogP contribution in [0.1, 0.15) is 32.3 Å². The third-order valence-electron chi connectivity index (χ3n) is 2.54.